The maximum Gasteiger partial charge on any atom is 0.220 e. The van der Waals surface area contributed by atoms with Crippen molar-refractivity contribution in [3.8, 4) is 0 Å². The zero-order chi connectivity index (χ0) is 102. The number of unbranched alkanes of at least 4 members (excludes halogenated alkanes) is 23. The van der Waals surface area contributed by atoms with Gasteiger partial charge in [0.2, 0.25) is 17.7 Å². The molecule has 0 bridgehead atoms. The van der Waals surface area contributed by atoms with Crippen LogP contribution in [0.4, 0.5) is 0 Å². The van der Waals surface area contributed by atoms with Crippen molar-refractivity contribution < 1.29 is 222 Å². The monoisotopic (exact) mass is 2030 g/mol. The van der Waals surface area contributed by atoms with E-state index in [1.54, 1.807) is 6.08 Å². The van der Waals surface area contributed by atoms with Gasteiger partial charge in [0.25, 0.3) is 0 Å². The number of aliphatic hydroxyl groups is 24. The Morgan fingerprint density at radius 2 is 0.586 bits per heavy atom. The number of hydrogen-bond donors (Lipinski definition) is 27. The molecule has 0 spiro atoms. The van der Waals surface area contributed by atoms with Gasteiger partial charge in [0.1, 0.15) is 201 Å². The van der Waals surface area contributed by atoms with Crippen molar-refractivity contribution in [2.24, 2.45) is 0 Å². The smallest absolute Gasteiger partial charge is 0.220 e. The quantitative estimate of drug-likeness (QED) is 0.0199. The Labute approximate surface area is 814 Å². The summed E-state index contributed by atoms with van der Waals surface area (Å²) in [5.41, 5.74) is 0. The highest BCUT2D eigenvalue weighted by molar-refractivity contribution is 5.76. The summed E-state index contributed by atoms with van der Waals surface area (Å²) >= 11 is 0. The van der Waals surface area contributed by atoms with Crippen molar-refractivity contribution in [2.45, 2.75) is 504 Å². The van der Waals surface area contributed by atoms with Crippen LogP contribution in [0.15, 0.2) is 12.2 Å². The van der Waals surface area contributed by atoms with Gasteiger partial charge in [-0.25, -0.2) is 0 Å². The van der Waals surface area contributed by atoms with Crippen molar-refractivity contribution in [1.29, 1.82) is 0 Å². The molecule has 9 rings (SSSR count). The lowest BCUT2D eigenvalue weighted by Gasteiger charge is -2.53. The standard InChI is InChI=1S/C92H163N3O45/c1-8-10-12-14-16-18-20-22-24-26-28-30-32-34-49(104)48(95-56(105)35-33-31-29-27-25-23-21-19-17-15-13-11-9-2)42-123-86-73(120)69(116)76(53(39-99)132-86)133-90-74(121)81(63(110)51(37-97)127-90)138-84-57(93-46(6)102)79(136-87-70(117)65(112)59(106)43(3)124-87)77(54(40-100)130-84)134-91-75(122)82(64(111)52(38-98)128-91)139-85-58(94-47(7)103)80(137-88-71(118)66(113)60(107)44(4)125-88)78(55(41-101)131-85)135-92-83(68(115)62(109)50(36-96)129-92)140-89-72(119)67(114)61(108)45(5)126-89/h32,34,43-45,48-55,57-92,96-101,104,106-122H,8-31,33,35-42H2,1-7H3,(H,93,102)(H,94,103)(H,95,105)/b34-32+/t43?,44?,45?,48-,49+,50?,51?,52?,53?,54?,55?,57?,58?,59+,60+,61+,62-,63-,64-,65?,66?,67?,68-,69+,70-,71-,72-,73?,74?,75?,76+,77+,78+,79+,80+,81-,82-,83?,84-,85-,86+,87+,88+,89+,90-,91-,92-/m0/s1. The van der Waals surface area contributed by atoms with Crippen LogP contribution in [0.5, 0.6) is 0 Å². The number of nitrogens with one attached hydrogen (secondary N) is 3. The molecular formula is C92H163N3O45. The summed E-state index contributed by atoms with van der Waals surface area (Å²) in [6, 6.07) is -5.21. The lowest BCUT2D eigenvalue weighted by Crippen LogP contribution is -2.72. The molecule has 48 heteroatoms. The van der Waals surface area contributed by atoms with Gasteiger partial charge in [0.05, 0.1) is 76.7 Å². The van der Waals surface area contributed by atoms with Gasteiger partial charge in [0.15, 0.2) is 56.6 Å². The van der Waals surface area contributed by atoms with Gasteiger partial charge in [-0.15, -0.1) is 0 Å². The summed E-state index contributed by atoms with van der Waals surface area (Å²) in [6.07, 6.45) is -57.6. The van der Waals surface area contributed by atoms with E-state index in [0.29, 0.717) is 12.8 Å². The first-order valence-corrected chi connectivity index (χ1v) is 50.1. The Hall–Kier alpha value is -3.53. The van der Waals surface area contributed by atoms with E-state index < -0.39 is 346 Å². The Kier molecular flexibility index (Phi) is 51.2. The number of rotatable bonds is 56. The van der Waals surface area contributed by atoms with Crippen LogP contribution in [-0.4, -0.2) is 475 Å². The van der Waals surface area contributed by atoms with E-state index in [1.165, 1.54) is 111 Å². The van der Waals surface area contributed by atoms with Gasteiger partial charge < -0.3 is 224 Å². The normalized spacial score (nSPS) is 42.1. The van der Waals surface area contributed by atoms with E-state index >= 15 is 0 Å². The molecule has 140 heavy (non-hydrogen) atoms. The van der Waals surface area contributed by atoms with Gasteiger partial charge >= 0.3 is 0 Å². The first kappa shape index (κ1) is 120. The van der Waals surface area contributed by atoms with E-state index in [9.17, 15) is 137 Å². The van der Waals surface area contributed by atoms with Crippen LogP contribution >= 0.6 is 0 Å². The molecule has 0 aromatic heterocycles. The first-order chi connectivity index (χ1) is 66.9. The predicted octanol–water partition coefficient (Wildman–Crippen LogP) is -6.65. The molecule has 0 aromatic carbocycles. The lowest BCUT2D eigenvalue weighted by atomic mass is 9.93. The summed E-state index contributed by atoms with van der Waals surface area (Å²) in [6.45, 7) is 2.68. The van der Waals surface area contributed by atoms with Crippen molar-refractivity contribution in [3.05, 3.63) is 12.2 Å². The van der Waals surface area contributed by atoms with E-state index in [0.717, 1.165) is 71.6 Å². The minimum Gasteiger partial charge on any atom is -0.394 e. The number of ether oxygens (including phenoxy) is 18. The van der Waals surface area contributed by atoms with Crippen molar-refractivity contribution in [1.82, 2.24) is 16.0 Å². The fraction of sp³-hybridized carbons (Fsp3) is 0.946. The number of aliphatic hydroxyl groups excluding tert-OH is 24. The van der Waals surface area contributed by atoms with Crippen LogP contribution in [0.3, 0.4) is 0 Å². The highest BCUT2D eigenvalue weighted by Crippen LogP contribution is 2.42. The molecule has 0 radical (unpaired) electrons. The van der Waals surface area contributed by atoms with Gasteiger partial charge in [-0.1, -0.05) is 167 Å². The first-order valence-electron chi connectivity index (χ1n) is 50.1. The third-order valence-corrected chi connectivity index (χ3v) is 27.5. The number of carbonyl (C=O) groups excluding carboxylic acids is 3. The Bertz CT molecular complexity index is 3510. The SMILES string of the molecule is CCCCCCCCCCCCC/C=C/[C@@H](O)[C@H](CO[C@@H]1OC(CO)[C@@H](O[C@@H]2OC(CO)[C@H](O)[C@H](O[C@@H]3OC(CO)[C@@H](O[C@@H]4OC(CO)[C@H](O)[C@H](O[C@@H]5OC(CO)[C@@H](O[C@@H]6OC(CO)[C@H](O)[C@H](O)C6O[C@H]6OC(C)[C@@H](O)C(O)[C@@H]6O)[C@H](O[C@H]6OC(C)[C@@H](O)C(O)[C@@H]6O)C5NC(C)=O)C4O)[C@H](O[C@H]4OC(C)[C@@H](O)C(O)[C@@H]4O)C3NC(C)=O)C2O)[C@H](O)C1O)NC(=O)CCCCCCCCCCCCCCC. The van der Waals surface area contributed by atoms with Gasteiger partial charge in [0, 0.05) is 20.3 Å². The third kappa shape index (κ3) is 32.5. The highest BCUT2D eigenvalue weighted by Gasteiger charge is 2.62. The second kappa shape index (κ2) is 59.8. The molecule has 9 fully saturated rings. The minimum absolute atomic E-state index is 0.132. The van der Waals surface area contributed by atoms with Crippen LogP contribution in [0.25, 0.3) is 0 Å². The van der Waals surface area contributed by atoms with E-state index in [1.807, 2.05) is 6.08 Å². The van der Waals surface area contributed by atoms with E-state index in [2.05, 4.69) is 29.8 Å². The Morgan fingerprint density at radius 1 is 0.293 bits per heavy atom. The average Bonchev–Trinajstić information content (AvgIpc) is 0.755. The Balaban J connectivity index is 0.950. The van der Waals surface area contributed by atoms with Gasteiger partial charge in [-0.05, 0) is 40.0 Å². The molecule has 3 amide bonds. The molecule has 0 aromatic rings. The fourth-order valence-corrected chi connectivity index (χ4v) is 19.0. The molecule has 0 aliphatic carbocycles. The van der Waals surface area contributed by atoms with Crippen molar-refractivity contribution >= 4 is 17.7 Å². The second-order valence-corrected chi connectivity index (χ2v) is 38.3. The molecule has 9 aliphatic rings. The summed E-state index contributed by atoms with van der Waals surface area (Å²) in [4.78, 5) is 41.1. The number of allylic oxidation sites excluding steroid dienone is 1. The molecule has 9 saturated heterocycles. The fourth-order valence-electron chi connectivity index (χ4n) is 19.0. The largest absolute Gasteiger partial charge is 0.394 e. The molecule has 816 valence electrons. The highest BCUT2D eigenvalue weighted by atomic mass is 16.8. The molecule has 0 saturated carbocycles. The maximum absolute atomic E-state index is 13.8. The van der Waals surface area contributed by atoms with Gasteiger partial charge in [-0.3, -0.25) is 14.4 Å². The minimum atomic E-state index is -2.51. The van der Waals surface area contributed by atoms with Crippen LogP contribution in [0.2, 0.25) is 0 Å². The maximum atomic E-state index is 13.8. The average molecular weight is 2030 g/mol. The second-order valence-electron chi connectivity index (χ2n) is 38.3. The number of amides is 3. The molecule has 9 heterocycles. The van der Waals surface area contributed by atoms with Crippen LogP contribution in [0.1, 0.15) is 215 Å². The Morgan fingerprint density at radius 3 is 0.971 bits per heavy atom. The van der Waals surface area contributed by atoms with Crippen molar-refractivity contribution in [2.75, 3.05) is 46.2 Å². The molecule has 18 unspecified atom stereocenters. The topological polar surface area (TPSA) is 739 Å². The van der Waals surface area contributed by atoms with E-state index in [-0.39, 0.29) is 12.3 Å². The summed E-state index contributed by atoms with van der Waals surface area (Å²) in [5.74, 6) is -2.38. The molecular weight excluding hydrogens is 1870 g/mol. The lowest BCUT2D eigenvalue weighted by molar-refractivity contribution is -0.404. The number of carbonyl (C=O) groups is 3. The molecule has 9 aliphatic heterocycles. The summed E-state index contributed by atoms with van der Waals surface area (Å²) in [7, 11) is 0. The van der Waals surface area contributed by atoms with Gasteiger partial charge in [-0.2, -0.15) is 0 Å². The van der Waals surface area contributed by atoms with Crippen LogP contribution in [-0.2, 0) is 99.6 Å². The molecule has 47 atom stereocenters. The third-order valence-electron chi connectivity index (χ3n) is 27.5. The molecule has 27 N–H and O–H groups in total. The predicted molar refractivity (Wildman–Crippen MR) is 478 cm³/mol. The zero-order valence-corrected chi connectivity index (χ0v) is 80.9. The number of hydrogen-bond acceptors (Lipinski definition) is 45. The van der Waals surface area contributed by atoms with Crippen molar-refractivity contribution in [3.63, 3.8) is 0 Å². The van der Waals surface area contributed by atoms with Crippen LogP contribution in [0, 0.1) is 0 Å². The summed E-state index contributed by atoms with van der Waals surface area (Å²) < 4.78 is 110. The summed E-state index contributed by atoms with van der Waals surface area (Å²) in [5, 5.41) is 282. The molecule has 48 nitrogen and oxygen atoms in total. The van der Waals surface area contributed by atoms with E-state index in [4.69, 9.17) is 85.3 Å². The van der Waals surface area contributed by atoms with Crippen LogP contribution < -0.4 is 16.0 Å². The zero-order valence-electron chi connectivity index (χ0n) is 80.9.